The standard InChI is InChI=1S/C18H19NO4S/c1-12(24-16-6-4-3-5-15(16)18(21)22)17(20)19-11-13-7-9-14(23-2)10-8-13/h3-10,12H,11H2,1-2H3,(H,19,20)(H,21,22). The lowest BCUT2D eigenvalue weighted by molar-refractivity contribution is -0.120. The van der Waals surface area contributed by atoms with Crippen molar-refractivity contribution in [1.29, 1.82) is 0 Å². The number of hydrogen-bond donors (Lipinski definition) is 2. The molecule has 126 valence electrons. The maximum atomic E-state index is 12.2. The van der Waals surface area contributed by atoms with Gasteiger partial charge in [0.15, 0.2) is 0 Å². The second-order valence-electron chi connectivity index (χ2n) is 5.13. The summed E-state index contributed by atoms with van der Waals surface area (Å²) < 4.78 is 5.09. The molecule has 5 nitrogen and oxygen atoms in total. The first-order valence-corrected chi connectivity index (χ1v) is 8.29. The molecule has 24 heavy (non-hydrogen) atoms. The van der Waals surface area contributed by atoms with Gasteiger partial charge < -0.3 is 15.2 Å². The third-order valence-corrected chi connectivity index (χ3v) is 4.59. The van der Waals surface area contributed by atoms with E-state index in [0.717, 1.165) is 11.3 Å². The van der Waals surface area contributed by atoms with Gasteiger partial charge in [-0.2, -0.15) is 0 Å². The fourth-order valence-electron chi connectivity index (χ4n) is 2.07. The molecule has 1 unspecified atom stereocenters. The Hall–Kier alpha value is -2.47. The summed E-state index contributed by atoms with van der Waals surface area (Å²) in [5, 5.41) is 11.6. The van der Waals surface area contributed by atoms with E-state index in [1.807, 2.05) is 24.3 Å². The van der Waals surface area contributed by atoms with Crippen LogP contribution in [0, 0.1) is 0 Å². The second-order valence-corrected chi connectivity index (χ2v) is 6.51. The number of thioether (sulfide) groups is 1. The first kappa shape index (κ1) is 17.9. The van der Waals surface area contributed by atoms with Crippen molar-refractivity contribution in [2.75, 3.05) is 7.11 Å². The van der Waals surface area contributed by atoms with Gasteiger partial charge in [-0.1, -0.05) is 24.3 Å². The average Bonchev–Trinajstić information content (AvgIpc) is 2.60. The number of nitrogens with one attached hydrogen (secondary N) is 1. The molecule has 2 aromatic carbocycles. The summed E-state index contributed by atoms with van der Waals surface area (Å²) in [6.45, 7) is 2.17. The molecule has 0 saturated carbocycles. The molecule has 1 amide bonds. The van der Waals surface area contributed by atoms with E-state index in [0.29, 0.717) is 11.4 Å². The number of hydrogen-bond acceptors (Lipinski definition) is 4. The molecule has 6 heteroatoms. The van der Waals surface area contributed by atoms with Gasteiger partial charge in [0.25, 0.3) is 0 Å². The van der Waals surface area contributed by atoms with Crippen LogP contribution >= 0.6 is 11.8 Å². The zero-order chi connectivity index (χ0) is 17.5. The van der Waals surface area contributed by atoms with Crippen LogP contribution in [-0.4, -0.2) is 29.3 Å². The Morgan fingerprint density at radius 1 is 1.17 bits per heavy atom. The second kappa shape index (κ2) is 8.40. The lowest BCUT2D eigenvalue weighted by Crippen LogP contribution is -2.30. The van der Waals surface area contributed by atoms with Crippen LogP contribution in [0.2, 0.25) is 0 Å². The Labute approximate surface area is 145 Å². The highest BCUT2D eigenvalue weighted by atomic mass is 32.2. The van der Waals surface area contributed by atoms with E-state index in [1.165, 1.54) is 17.8 Å². The molecule has 0 heterocycles. The number of benzene rings is 2. The van der Waals surface area contributed by atoms with Crippen molar-refractivity contribution in [3.05, 3.63) is 59.7 Å². The van der Waals surface area contributed by atoms with Crippen LogP contribution < -0.4 is 10.1 Å². The van der Waals surface area contributed by atoms with Crippen molar-refractivity contribution in [2.45, 2.75) is 23.6 Å². The number of rotatable bonds is 7. The van der Waals surface area contributed by atoms with Gasteiger partial charge in [-0.25, -0.2) is 4.79 Å². The Bertz CT molecular complexity index is 715. The third kappa shape index (κ3) is 4.76. The molecule has 0 bridgehead atoms. The van der Waals surface area contributed by atoms with E-state index in [4.69, 9.17) is 4.74 Å². The Morgan fingerprint density at radius 2 is 1.83 bits per heavy atom. The minimum Gasteiger partial charge on any atom is -0.497 e. The van der Waals surface area contributed by atoms with Crippen LogP contribution in [0.5, 0.6) is 5.75 Å². The van der Waals surface area contributed by atoms with Gasteiger partial charge in [0, 0.05) is 11.4 Å². The molecule has 1 atom stereocenters. The Morgan fingerprint density at radius 3 is 2.46 bits per heavy atom. The van der Waals surface area contributed by atoms with Crippen LogP contribution in [0.4, 0.5) is 0 Å². The normalized spacial score (nSPS) is 11.6. The smallest absolute Gasteiger partial charge is 0.336 e. The molecule has 2 rings (SSSR count). The molecule has 0 aliphatic carbocycles. The summed E-state index contributed by atoms with van der Waals surface area (Å²) in [4.78, 5) is 24.0. The van der Waals surface area contributed by atoms with Gasteiger partial charge in [-0.15, -0.1) is 11.8 Å². The largest absolute Gasteiger partial charge is 0.497 e. The average molecular weight is 345 g/mol. The van der Waals surface area contributed by atoms with Crippen molar-refractivity contribution in [3.63, 3.8) is 0 Å². The molecule has 0 saturated heterocycles. The van der Waals surface area contributed by atoms with E-state index >= 15 is 0 Å². The highest BCUT2D eigenvalue weighted by Gasteiger charge is 2.18. The lowest BCUT2D eigenvalue weighted by Gasteiger charge is -2.13. The lowest BCUT2D eigenvalue weighted by atomic mass is 10.2. The van der Waals surface area contributed by atoms with E-state index < -0.39 is 11.2 Å². The van der Waals surface area contributed by atoms with E-state index in [1.54, 1.807) is 32.2 Å². The summed E-state index contributed by atoms with van der Waals surface area (Å²) in [6, 6.07) is 14.1. The van der Waals surface area contributed by atoms with Crippen LogP contribution in [0.25, 0.3) is 0 Å². The number of carboxylic acid groups (broad SMARTS) is 1. The van der Waals surface area contributed by atoms with Crippen LogP contribution in [0.15, 0.2) is 53.4 Å². The van der Waals surface area contributed by atoms with E-state index in [2.05, 4.69) is 5.32 Å². The quantitative estimate of drug-likeness (QED) is 0.754. The molecule has 2 aromatic rings. The van der Waals surface area contributed by atoms with E-state index in [-0.39, 0.29) is 11.5 Å². The maximum absolute atomic E-state index is 12.2. The molecule has 0 aliphatic rings. The molecule has 0 aliphatic heterocycles. The molecular weight excluding hydrogens is 326 g/mol. The van der Waals surface area contributed by atoms with Crippen molar-refractivity contribution < 1.29 is 19.4 Å². The number of ether oxygens (including phenoxy) is 1. The topological polar surface area (TPSA) is 75.6 Å². The van der Waals surface area contributed by atoms with Crippen molar-refractivity contribution >= 4 is 23.6 Å². The Kier molecular flexibility index (Phi) is 6.26. The fraction of sp³-hybridized carbons (Fsp3) is 0.222. The van der Waals surface area contributed by atoms with Crippen molar-refractivity contribution in [1.82, 2.24) is 5.32 Å². The molecule has 0 fully saturated rings. The monoisotopic (exact) mass is 345 g/mol. The van der Waals surface area contributed by atoms with Gasteiger partial charge in [0.2, 0.25) is 5.91 Å². The summed E-state index contributed by atoms with van der Waals surface area (Å²) in [5.74, 6) is -0.376. The number of carbonyl (C=O) groups excluding carboxylic acids is 1. The van der Waals surface area contributed by atoms with Crippen molar-refractivity contribution in [3.8, 4) is 5.75 Å². The predicted octanol–water partition coefficient (Wildman–Crippen LogP) is 3.19. The zero-order valence-corrected chi connectivity index (χ0v) is 14.3. The van der Waals surface area contributed by atoms with Gasteiger partial charge in [-0.05, 0) is 36.8 Å². The van der Waals surface area contributed by atoms with Crippen LogP contribution in [0.1, 0.15) is 22.8 Å². The molecular formula is C18H19NO4S. The Balaban J connectivity index is 1.93. The molecule has 0 radical (unpaired) electrons. The minimum atomic E-state index is -0.996. The van der Waals surface area contributed by atoms with Gasteiger partial charge in [0.05, 0.1) is 17.9 Å². The van der Waals surface area contributed by atoms with Gasteiger partial charge >= 0.3 is 5.97 Å². The van der Waals surface area contributed by atoms with Gasteiger partial charge in [0.1, 0.15) is 5.75 Å². The molecule has 2 N–H and O–H groups in total. The number of carboxylic acids is 1. The number of amides is 1. The predicted molar refractivity (Wildman–Crippen MR) is 93.6 cm³/mol. The molecule has 0 aromatic heterocycles. The fourth-order valence-corrected chi connectivity index (χ4v) is 3.08. The zero-order valence-electron chi connectivity index (χ0n) is 13.5. The summed E-state index contributed by atoms with van der Waals surface area (Å²) in [5.41, 5.74) is 1.17. The van der Waals surface area contributed by atoms with Gasteiger partial charge in [-0.3, -0.25) is 4.79 Å². The highest BCUT2D eigenvalue weighted by molar-refractivity contribution is 8.00. The molecule has 0 spiro atoms. The van der Waals surface area contributed by atoms with E-state index in [9.17, 15) is 14.7 Å². The van der Waals surface area contributed by atoms with Crippen LogP contribution in [-0.2, 0) is 11.3 Å². The third-order valence-electron chi connectivity index (χ3n) is 3.42. The summed E-state index contributed by atoms with van der Waals surface area (Å²) in [7, 11) is 1.60. The maximum Gasteiger partial charge on any atom is 0.336 e. The summed E-state index contributed by atoms with van der Waals surface area (Å²) >= 11 is 1.23. The number of methoxy groups -OCH3 is 1. The van der Waals surface area contributed by atoms with Crippen LogP contribution in [0.3, 0.4) is 0 Å². The number of aromatic carboxylic acids is 1. The first-order valence-electron chi connectivity index (χ1n) is 7.41. The SMILES string of the molecule is COc1ccc(CNC(=O)C(C)Sc2ccccc2C(=O)O)cc1. The number of carbonyl (C=O) groups is 2. The first-order chi connectivity index (χ1) is 11.5. The highest BCUT2D eigenvalue weighted by Crippen LogP contribution is 2.27. The minimum absolute atomic E-state index is 0.143. The van der Waals surface area contributed by atoms with Crippen molar-refractivity contribution in [2.24, 2.45) is 0 Å². The summed E-state index contributed by atoms with van der Waals surface area (Å²) in [6.07, 6.45) is 0.